The van der Waals surface area contributed by atoms with Crippen LogP contribution in [0.2, 0.25) is 0 Å². The van der Waals surface area contributed by atoms with Gasteiger partial charge in [0, 0.05) is 6.61 Å². The van der Waals surface area contributed by atoms with Crippen LogP contribution in [0.4, 0.5) is 0 Å². The van der Waals surface area contributed by atoms with Crippen molar-refractivity contribution in [2.75, 3.05) is 13.2 Å². The molecule has 0 bridgehead atoms. The summed E-state index contributed by atoms with van der Waals surface area (Å²) < 4.78 is 17.7. The third kappa shape index (κ3) is 6.50. The molecule has 1 fully saturated rings. The molecule has 158 valence electrons. The lowest BCUT2D eigenvalue weighted by atomic mass is 9.84. The van der Waals surface area contributed by atoms with Gasteiger partial charge in [-0.15, -0.1) is 0 Å². The molecule has 0 aromatic heterocycles. The van der Waals surface area contributed by atoms with Gasteiger partial charge < -0.3 is 14.2 Å². The Kier molecular flexibility index (Phi) is 8.42. The largest absolute Gasteiger partial charge is 0.487 e. The Hall–Kier alpha value is -2.00. The maximum Gasteiger partial charge on any atom is 0.234 e. The van der Waals surface area contributed by atoms with Crippen molar-refractivity contribution < 1.29 is 14.2 Å². The Morgan fingerprint density at radius 2 is 1.52 bits per heavy atom. The zero-order valence-corrected chi connectivity index (χ0v) is 18.2. The van der Waals surface area contributed by atoms with Crippen LogP contribution in [-0.2, 0) is 4.74 Å². The van der Waals surface area contributed by atoms with Crippen molar-refractivity contribution in [3.8, 4) is 11.5 Å². The minimum atomic E-state index is -0.424. The van der Waals surface area contributed by atoms with Crippen LogP contribution in [0.3, 0.4) is 0 Å². The first-order valence-corrected chi connectivity index (χ1v) is 11.3. The highest BCUT2D eigenvalue weighted by molar-refractivity contribution is 5.30. The maximum absolute atomic E-state index is 6.02. The van der Waals surface area contributed by atoms with E-state index in [1.54, 1.807) is 0 Å². The molecule has 2 aromatic carbocycles. The number of rotatable bonds is 10. The van der Waals surface area contributed by atoms with Crippen LogP contribution >= 0.6 is 0 Å². The summed E-state index contributed by atoms with van der Waals surface area (Å²) in [5, 5.41) is 0. The number of hydrogen-bond donors (Lipinski definition) is 0. The van der Waals surface area contributed by atoms with Crippen molar-refractivity contribution in [2.45, 2.75) is 77.4 Å². The number of ether oxygens (including phenoxy) is 3. The van der Waals surface area contributed by atoms with Crippen LogP contribution in [0, 0.1) is 0 Å². The van der Waals surface area contributed by atoms with Gasteiger partial charge in [-0.05, 0) is 73.4 Å². The number of benzene rings is 2. The van der Waals surface area contributed by atoms with E-state index in [1.807, 2.05) is 19.1 Å². The first kappa shape index (κ1) is 21.7. The molecule has 2 unspecified atom stereocenters. The summed E-state index contributed by atoms with van der Waals surface area (Å²) >= 11 is 0. The zero-order valence-electron chi connectivity index (χ0n) is 18.2. The molecular formula is C26H36O3. The summed E-state index contributed by atoms with van der Waals surface area (Å²) in [4.78, 5) is 0. The molecule has 0 saturated heterocycles. The van der Waals surface area contributed by atoms with E-state index in [-0.39, 0.29) is 0 Å². The fourth-order valence-corrected chi connectivity index (χ4v) is 4.00. The molecule has 0 spiro atoms. The lowest BCUT2D eigenvalue weighted by Crippen LogP contribution is -2.28. The van der Waals surface area contributed by atoms with Crippen molar-refractivity contribution in [2.24, 2.45) is 0 Å². The average Bonchev–Trinajstić information content (AvgIpc) is 2.78. The van der Waals surface area contributed by atoms with Crippen LogP contribution < -0.4 is 9.47 Å². The topological polar surface area (TPSA) is 27.7 Å². The summed E-state index contributed by atoms with van der Waals surface area (Å²) in [6, 6.07) is 16.9. The summed E-state index contributed by atoms with van der Waals surface area (Å²) in [6.45, 7) is 7.37. The maximum atomic E-state index is 6.02. The monoisotopic (exact) mass is 396 g/mol. The first-order valence-electron chi connectivity index (χ1n) is 11.3. The fourth-order valence-electron chi connectivity index (χ4n) is 4.00. The normalized spacial score (nSPS) is 16.9. The third-order valence-electron chi connectivity index (χ3n) is 6.02. The Bertz CT molecular complexity index is 702. The third-order valence-corrected chi connectivity index (χ3v) is 6.02. The molecule has 2 atom stereocenters. The number of hydrogen-bond acceptors (Lipinski definition) is 3. The summed E-state index contributed by atoms with van der Waals surface area (Å²) in [5.41, 5.74) is 2.78. The van der Waals surface area contributed by atoms with Gasteiger partial charge in [0.05, 0.1) is 0 Å². The molecule has 3 heteroatoms. The van der Waals surface area contributed by atoms with E-state index in [0.29, 0.717) is 19.1 Å². The van der Waals surface area contributed by atoms with Gasteiger partial charge in [-0.25, -0.2) is 0 Å². The molecule has 0 amide bonds. The van der Waals surface area contributed by atoms with E-state index in [9.17, 15) is 0 Å². The van der Waals surface area contributed by atoms with Gasteiger partial charge in [0.2, 0.25) is 6.29 Å². The Morgan fingerprint density at radius 3 is 2.14 bits per heavy atom. The van der Waals surface area contributed by atoms with Gasteiger partial charge in [0.15, 0.2) is 6.61 Å². The SMILES string of the molecule is CCOC(COc1ccc(C2CCCCC2)cc1)Oc1ccc(C(C)CC)cc1. The molecule has 1 aliphatic rings. The van der Waals surface area contributed by atoms with Gasteiger partial charge in [-0.2, -0.15) is 0 Å². The van der Waals surface area contributed by atoms with Crippen molar-refractivity contribution in [3.63, 3.8) is 0 Å². The van der Waals surface area contributed by atoms with Crippen molar-refractivity contribution in [1.82, 2.24) is 0 Å². The van der Waals surface area contributed by atoms with Crippen LogP contribution in [0.1, 0.15) is 82.3 Å². The first-order chi connectivity index (χ1) is 14.2. The minimum absolute atomic E-state index is 0.365. The van der Waals surface area contributed by atoms with Crippen LogP contribution in [-0.4, -0.2) is 19.5 Å². The van der Waals surface area contributed by atoms with Crippen LogP contribution in [0.5, 0.6) is 11.5 Å². The Labute approximate surface area is 176 Å². The molecule has 0 radical (unpaired) electrons. The fraction of sp³-hybridized carbons (Fsp3) is 0.538. The predicted molar refractivity (Wildman–Crippen MR) is 119 cm³/mol. The van der Waals surface area contributed by atoms with Crippen molar-refractivity contribution in [1.29, 1.82) is 0 Å². The second kappa shape index (κ2) is 11.3. The minimum Gasteiger partial charge on any atom is -0.487 e. The quantitative estimate of drug-likeness (QED) is 0.402. The standard InChI is InChI=1S/C26H36O3/c1-4-20(3)21-11-17-25(18-12-21)29-26(27-5-2)19-28-24-15-13-23(14-16-24)22-9-7-6-8-10-22/h11-18,20,22,26H,4-10,19H2,1-3H3. The molecule has 3 nitrogen and oxygen atoms in total. The highest BCUT2D eigenvalue weighted by Gasteiger charge is 2.16. The lowest BCUT2D eigenvalue weighted by Gasteiger charge is -2.22. The molecule has 1 saturated carbocycles. The van der Waals surface area contributed by atoms with Crippen molar-refractivity contribution in [3.05, 3.63) is 59.7 Å². The highest BCUT2D eigenvalue weighted by atomic mass is 16.7. The summed E-state index contributed by atoms with van der Waals surface area (Å²) in [5.74, 6) is 2.96. The molecule has 0 aliphatic heterocycles. The van der Waals surface area contributed by atoms with Gasteiger partial charge in [-0.1, -0.05) is 57.4 Å². The van der Waals surface area contributed by atoms with E-state index in [0.717, 1.165) is 23.8 Å². The molecule has 29 heavy (non-hydrogen) atoms. The van der Waals surface area contributed by atoms with Gasteiger partial charge in [0.25, 0.3) is 0 Å². The van der Waals surface area contributed by atoms with E-state index in [1.165, 1.54) is 43.2 Å². The molecular weight excluding hydrogens is 360 g/mol. The predicted octanol–water partition coefficient (Wildman–Crippen LogP) is 7.07. The van der Waals surface area contributed by atoms with Gasteiger partial charge >= 0.3 is 0 Å². The van der Waals surface area contributed by atoms with E-state index < -0.39 is 6.29 Å². The van der Waals surface area contributed by atoms with Crippen LogP contribution in [0.15, 0.2) is 48.5 Å². The summed E-state index contributed by atoms with van der Waals surface area (Å²) in [7, 11) is 0. The lowest BCUT2D eigenvalue weighted by molar-refractivity contribution is -0.0971. The smallest absolute Gasteiger partial charge is 0.234 e. The van der Waals surface area contributed by atoms with E-state index in [4.69, 9.17) is 14.2 Å². The Balaban J connectivity index is 1.53. The summed E-state index contributed by atoms with van der Waals surface area (Å²) in [6.07, 6.45) is 7.44. The molecule has 1 aliphatic carbocycles. The van der Waals surface area contributed by atoms with E-state index in [2.05, 4.69) is 50.2 Å². The highest BCUT2D eigenvalue weighted by Crippen LogP contribution is 2.33. The second-order valence-electron chi connectivity index (χ2n) is 8.10. The molecule has 0 N–H and O–H groups in total. The molecule has 2 aromatic rings. The van der Waals surface area contributed by atoms with Crippen molar-refractivity contribution >= 4 is 0 Å². The average molecular weight is 397 g/mol. The van der Waals surface area contributed by atoms with Gasteiger partial charge in [0.1, 0.15) is 11.5 Å². The van der Waals surface area contributed by atoms with Crippen LogP contribution in [0.25, 0.3) is 0 Å². The molecule has 0 heterocycles. The Morgan fingerprint density at radius 1 is 0.862 bits per heavy atom. The zero-order chi connectivity index (χ0) is 20.5. The molecule has 3 rings (SSSR count). The van der Waals surface area contributed by atoms with E-state index >= 15 is 0 Å². The second-order valence-corrected chi connectivity index (χ2v) is 8.10. The van der Waals surface area contributed by atoms with Gasteiger partial charge in [-0.3, -0.25) is 0 Å².